The standard InChI is InChI=1S/C18H26N4S/c1-13(14-9-7-6-8-10-14)21-17(19-5)20-11-16-22-15(12-23-16)18(2,3)4/h6-10,12-13H,11H2,1-5H3,(H2,19,20,21). The van der Waals surface area contributed by atoms with Crippen molar-refractivity contribution in [3.8, 4) is 0 Å². The lowest BCUT2D eigenvalue weighted by atomic mass is 9.93. The number of hydrogen-bond acceptors (Lipinski definition) is 3. The van der Waals surface area contributed by atoms with Crippen molar-refractivity contribution >= 4 is 17.3 Å². The van der Waals surface area contributed by atoms with Crippen LogP contribution in [0.3, 0.4) is 0 Å². The lowest BCUT2D eigenvalue weighted by molar-refractivity contribution is 0.570. The predicted molar refractivity (Wildman–Crippen MR) is 99.0 cm³/mol. The summed E-state index contributed by atoms with van der Waals surface area (Å²) in [6.45, 7) is 9.36. The zero-order valence-electron chi connectivity index (χ0n) is 14.6. The van der Waals surface area contributed by atoms with E-state index < -0.39 is 0 Å². The average Bonchev–Trinajstić information content (AvgIpc) is 3.01. The molecule has 0 fully saturated rings. The van der Waals surface area contributed by atoms with Gasteiger partial charge in [0.1, 0.15) is 5.01 Å². The van der Waals surface area contributed by atoms with Gasteiger partial charge in [-0.05, 0) is 12.5 Å². The van der Waals surface area contributed by atoms with E-state index in [0.717, 1.165) is 16.7 Å². The van der Waals surface area contributed by atoms with Crippen LogP contribution in [0, 0.1) is 0 Å². The zero-order valence-corrected chi connectivity index (χ0v) is 15.4. The molecule has 0 aliphatic carbocycles. The molecule has 1 unspecified atom stereocenters. The first-order valence-electron chi connectivity index (χ1n) is 7.87. The Morgan fingerprint density at radius 2 is 1.96 bits per heavy atom. The number of aliphatic imine (C=N–C) groups is 1. The molecule has 0 spiro atoms. The second-order valence-electron chi connectivity index (χ2n) is 6.58. The molecule has 1 atom stereocenters. The molecule has 0 aliphatic rings. The molecule has 5 heteroatoms. The van der Waals surface area contributed by atoms with Crippen LogP contribution < -0.4 is 10.6 Å². The van der Waals surface area contributed by atoms with E-state index in [1.807, 2.05) is 18.2 Å². The number of thiazole rings is 1. The molecule has 4 nitrogen and oxygen atoms in total. The van der Waals surface area contributed by atoms with E-state index in [0.29, 0.717) is 6.54 Å². The van der Waals surface area contributed by atoms with Crippen LogP contribution >= 0.6 is 11.3 Å². The highest BCUT2D eigenvalue weighted by atomic mass is 32.1. The number of hydrogen-bond donors (Lipinski definition) is 2. The van der Waals surface area contributed by atoms with Gasteiger partial charge in [-0.1, -0.05) is 51.1 Å². The van der Waals surface area contributed by atoms with Crippen LogP contribution in [0.25, 0.3) is 0 Å². The van der Waals surface area contributed by atoms with E-state index >= 15 is 0 Å². The van der Waals surface area contributed by atoms with Gasteiger partial charge in [-0.25, -0.2) is 4.98 Å². The number of rotatable bonds is 4. The van der Waals surface area contributed by atoms with Crippen LogP contribution in [0.1, 0.15) is 50.0 Å². The molecule has 1 aromatic heterocycles. The topological polar surface area (TPSA) is 49.3 Å². The summed E-state index contributed by atoms with van der Waals surface area (Å²) < 4.78 is 0. The number of aromatic nitrogens is 1. The fourth-order valence-electron chi connectivity index (χ4n) is 2.12. The van der Waals surface area contributed by atoms with E-state index in [1.54, 1.807) is 18.4 Å². The van der Waals surface area contributed by atoms with Crippen molar-refractivity contribution in [2.24, 2.45) is 4.99 Å². The van der Waals surface area contributed by atoms with E-state index in [2.05, 4.69) is 60.8 Å². The normalized spacial score (nSPS) is 13.7. The highest BCUT2D eigenvalue weighted by Gasteiger charge is 2.17. The molecule has 0 saturated carbocycles. The van der Waals surface area contributed by atoms with E-state index in [1.165, 1.54) is 5.56 Å². The van der Waals surface area contributed by atoms with Crippen LogP contribution in [0.5, 0.6) is 0 Å². The first kappa shape index (κ1) is 17.5. The predicted octanol–water partition coefficient (Wildman–Crippen LogP) is 3.87. The summed E-state index contributed by atoms with van der Waals surface area (Å²) in [6, 6.07) is 10.5. The van der Waals surface area contributed by atoms with Gasteiger partial charge in [0, 0.05) is 17.8 Å². The summed E-state index contributed by atoms with van der Waals surface area (Å²) in [4.78, 5) is 8.99. The lowest BCUT2D eigenvalue weighted by Crippen LogP contribution is -2.38. The lowest BCUT2D eigenvalue weighted by Gasteiger charge is -2.18. The molecule has 0 bridgehead atoms. The molecular formula is C18H26N4S. The third kappa shape index (κ3) is 5.06. The van der Waals surface area contributed by atoms with Gasteiger partial charge < -0.3 is 10.6 Å². The molecular weight excluding hydrogens is 304 g/mol. The largest absolute Gasteiger partial charge is 0.350 e. The molecule has 0 aliphatic heterocycles. The van der Waals surface area contributed by atoms with Gasteiger partial charge in [-0.2, -0.15) is 0 Å². The molecule has 1 heterocycles. The number of benzene rings is 1. The van der Waals surface area contributed by atoms with Gasteiger partial charge in [-0.15, -0.1) is 11.3 Å². The average molecular weight is 331 g/mol. The van der Waals surface area contributed by atoms with Crippen LogP contribution in [0.2, 0.25) is 0 Å². The Hall–Kier alpha value is -1.88. The van der Waals surface area contributed by atoms with Gasteiger partial charge in [0.25, 0.3) is 0 Å². The maximum absolute atomic E-state index is 4.70. The van der Waals surface area contributed by atoms with Crippen LogP contribution in [0.15, 0.2) is 40.7 Å². The summed E-state index contributed by atoms with van der Waals surface area (Å²) in [6.07, 6.45) is 0. The van der Waals surface area contributed by atoms with E-state index in [-0.39, 0.29) is 11.5 Å². The molecule has 23 heavy (non-hydrogen) atoms. The van der Waals surface area contributed by atoms with E-state index in [9.17, 15) is 0 Å². The second-order valence-corrected chi connectivity index (χ2v) is 7.52. The fraction of sp³-hybridized carbons (Fsp3) is 0.444. The van der Waals surface area contributed by atoms with Gasteiger partial charge >= 0.3 is 0 Å². The summed E-state index contributed by atoms with van der Waals surface area (Å²) in [5.74, 6) is 0.786. The van der Waals surface area contributed by atoms with Gasteiger partial charge in [0.15, 0.2) is 5.96 Å². The number of nitrogens with one attached hydrogen (secondary N) is 2. The Labute approximate surface area is 143 Å². The van der Waals surface area contributed by atoms with Crippen LogP contribution in [0.4, 0.5) is 0 Å². The molecule has 0 saturated heterocycles. The van der Waals surface area contributed by atoms with Crippen molar-refractivity contribution in [2.45, 2.75) is 45.7 Å². The molecule has 2 rings (SSSR count). The van der Waals surface area contributed by atoms with Gasteiger partial charge in [0.05, 0.1) is 18.3 Å². The molecule has 0 radical (unpaired) electrons. The van der Waals surface area contributed by atoms with Crippen molar-refractivity contribution in [1.29, 1.82) is 0 Å². The highest BCUT2D eigenvalue weighted by Crippen LogP contribution is 2.23. The van der Waals surface area contributed by atoms with Gasteiger partial charge in [0.2, 0.25) is 0 Å². The Bertz CT molecular complexity index is 641. The quantitative estimate of drug-likeness (QED) is 0.661. The second kappa shape index (κ2) is 7.59. The first-order chi connectivity index (χ1) is 10.9. The maximum atomic E-state index is 4.70. The minimum Gasteiger partial charge on any atom is -0.350 e. The molecule has 124 valence electrons. The molecule has 0 amide bonds. The Balaban J connectivity index is 1.92. The number of guanidine groups is 1. The minimum absolute atomic E-state index is 0.0937. The third-order valence-electron chi connectivity index (χ3n) is 3.60. The Morgan fingerprint density at radius 1 is 1.26 bits per heavy atom. The minimum atomic E-state index is 0.0937. The van der Waals surface area contributed by atoms with Crippen molar-refractivity contribution in [2.75, 3.05) is 7.05 Å². The summed E-state index contributed by atoms with van der Waals surface area (Å²) in [5, 5.41) is 9.96. The Morgan fingerprint density at radius 3 is 2.52 bits per heavy atom. The smallest absolute Gasteiger partial charge is 0.191 e. The SMILES string of the molecule is CN=C(NCc1nc(C(C)(C)C)cs1)NC(C)c1ccccc1. The first-order valence-corrected chi connectivity index (χ1v) is 8.75. The van der Waals surface area contributed by atoms with Crippen molar-refractivity contribution in [3.63, 3.8) is 0 Å². The zero-order chi connectivity index (χ0) is 16.9. The van der Waals surface area contributed by atoms with Crippen LogP contribution in [-0.4, -0.2) is 18.0 Å². The van der Waals surface area contributed by atoms with Crippen molar-refractivity contribution in [3.05, 3.63) is 52.0 Å². The van der Waals surface area contributed by atoms with Crippen molar-refractivity contribution in [1.82, 2.24) is 15.6 Å². The summed E-state index contributed by atoms with van der Waals surface area (Å²) in [7, 11) is 1.79. The molecule has 2 N–H and O–H groups in total. The fourth-order valence-corrected chi connectivity index (χ4v) is 3.08. The summed E-state index contributed by atoms with van der Waals surface area (Å²) in [5.41, 5.74) is 2.47. The third-order valence-corrected chi connectivity index (χ3v) is 4.45. The monoisotopic (exact) mass is 330 g/mol. The molecule has 2 aromatic rings. The maximum Gasteiger partial charge on any atom is 0.191 e. The van der Waals surface area contributed by atoms with Crippen molar-refractivity contribution < 1.29 is 0 Å². The van der Waals surface area contributed by atoms with E-state index in [4.69, 9.17) is 4.98 Å². The highest BCUT2D eigenvalue weighted by molar-refractivity contribution is 7.09. The number of nitrogens with zero attached hydrogens (tertiary/aromatic N) is 2. The van der Waals surface area contributed by atoms with Gasteiger partial charge in [-0.3, -0.25) is 4.99 Å². The van der Waals surface area contributed by atoms with Crippen LogP contribution in [-0.2, 0) is 12.0 Å². The Kier molecular flexibility index (Phi) is 5.77. The summed E-state index contributed by atoms with van der Waals surface area (Å²) >= 11 is 1.69. The molecule has 1 aromatic carbocycles.